The van der Waals surface area contributed by atoms with E-state index in [2.05, 4.69) is 34.6 Å². The van der Waals surface area contributed by atoms with Crippen LogP contribution in [0.25, 0.3) is 0 Å². The summed E-state index contributed by atoms with van der Waals surface area (Å²) in [6.07, 6.45) is 44.6. The quantitative estimate of drug-likeness (QED) is 0.0222. The summed E-state index contributed by atoms with van der Waals surface area (Å²) in [6.45, 7) is 7.11. The first-order chi connectivity index (χ1) is 41.0. The monoisotopic (exact) mass is 1250 g/mol. The van der Waals surface area contributed by atoms with Crippen molar-refractivity contribution in [1.29, 1.82) is 0 Å². The topological polar surface area (TPSA) is 237 Å². The number of phosphoric ester groups is 2. The predicted octanol–water partition coefficient (Wildman–Crippen LogP) is 18.6. The number of aliphatic hydroxyl groups excluding tert-OH is 1. The van der Waals surface area contributed by atoms with Crippen molar-refractivity contribution in [2.75, 3.05) is 39.6 Å². The molecule has 504 valence electrons. The molecule has 0 bridgehead atoms. The van der Waals surface area contributed by atoms with Gasteiger partial charge in [0.2, 0.25) is 0 Å². The molecule has 0 aliphatic heterocycles. The van der Waals surface area contributed by atoms with Crippen molar-refractivity contribution < 1.29 is 80.2 Å². The zero-order valence-electron chi connectivity index (χ0n) is 54.7. The number of phosphoric acid groups is 2. The number of esters is 4. The van der Waals surface area contributed by atoms with Gasteiger partial charge in [-0.05, 0) is 31.6 Å². The number of carbonyl (C=O) groups excluding carboxylic acids is 4. The molecule has 0 aliphatic carbocycles. The van der Waals surface area contributed by atoms with E-state index in [0.29, 0.717) is 31.6 Å². The molecule has 0 radical (unpaired) electrons. The zero-order valence-corrected chi connectivity index (χ0v) is 56.5. The third-order valence-corrected chi connectivity index (χ3v) is 17.2. The van der Waals surface area contributed by atoms with Crippen molar-refractivity contribution in [2.45, 2.75) is 355 Å². The fourth-order valence-electron chi connectivity index (χ4n) is 9.94. The smallest absolute Gasteiger partial charge is 0.462 e. The van der Waals surface area contributed by atoms with Crippen LogP contribution >= 0.6 is 15.6 Å². The third kappa shape index (κ3) is 60.7. The second-order valence-corrected chi connectivity index (χ2v) is 27.2. The van der Waals surface area contributed by atoms with Crippen molar-refractivity contribution in [1.82, 2.24) is 0 Å². The first-order valence-corrected chi connectivity index (χ1v) is 37.6. The molecule has 0 saturated carbocycles. The lowest BCUT2D eigenvalue weighted by atomic mass is 10.0. The predicted molar refractivity (Wildman–Crippen MR) is 340 cm³/mol. The van der Waals surface area contributed by atoms with Gasteiger partial charge in [-0.15, -0.1) is 0 Å². The standard InChI is InChI=1S/C66H128O17P2/c1-6-9-12-15-18-20-22-23-24-25-26-27-29-31-36-41-46-51-65(70)82-62(56-77-64(69)50-45-40-35-30-28-21-19-16-13-10-7-2)58-81-85(74,75)79-54-60(67)53-78-84(72,73)80-57-61(55-76-63(68)49-44-39-33-17-14-11-8-3)83-66(71)52-47-42-37-32-34-38-43-48-59(4)5/h59-62,67H,6-58H2,1-5H3,(H,72,73)(H,74,75)/t60-,61+,62+/m0/s1. The van der Waals surface area contributed by atoms with E-state index in [9.17, 15) is 43.2 Å². The summed E-state index contributed by atoms with van der Waals surface area (Å²) in [5.74, 6) is -1.44. The molecule has 0 aromatic carbocycles. The molecular weight excluding hydrogens is 1130 g/mol. The highest BCUT2D eigenvalue weighted by molar-refractivity contribution is 7.47. The second-order valence-electron chi connectivity index (χ2n) is 24.3. The molecule has 0 saturated heterocycles. The van der Waals surface area contributed by atoms with E-state index >= 15 is 0 Å². The van der Waals surface area contributed by atoms with Gasteiger partial charge in [0.15, 0.2) is 12.2 Å². The van der Waals surface area contributed by atoms with Gasteiger partial charge in [-0.25, -0.2) is 9.13 Å². The van der Waals surface area contributed by atoms with E-state index in [1.54, 1.807) is 0 Å². The van der Waals surface area contributed by atoms with Gasteiger partial charge in [-0.1, -0.05) is 285 Å². The summed E-state index contributed by atoms with van der Waals surface area (Å²) in [6, 6.07) is 0. The minimum Gasteiger partial charge on any atom is -0.462 e. The molecule has 0 heterocycles. The Kier molecular flexibility index (Phi) is 58.3. The molecule has 0 spiro atoms. The van der Waals surface area contributed by atoms with E-state index in [0.717, 1.165) is 103 Å². The van der Waals surface area contributed by atoms with E-state index in [1.165, 1.54) is 148 Å². The molecule has 0 fully saturated rings. The normalized spacial score (nSPS) is 14.2. The van der Waals surface area contributed by atoms with Gasteiger partial charge in [0.05, 0.1) is 26.4 Å². The molecule has 0 amide bonds. The lowest BCUT2D eigenvalue weighted by molar-refractivity contribution is -0.161. The Morgan fingerprint density at radius 3 is 0.800 bits per heavy atom. The van der Waals surface area contributed by atoms with Crippen LogP contribution in [0.3, 0.4) is 0 Å². The number of carbonyl (C=O) groups is 4. The van der Waals surface area contributed by atoms with E-state index < -0.39 is 97.5 Å². The SMILES string of the molecule is CCCCCCCCCCCCCCCCCCCC(=O)O[C@H](COC(=O)CCCCCCCCCCCCC)COP(=O)(O)OC[C@@H](O)COP(=O)(O)OC[C@@H](COC(=O)CCCCCCCCC)OC(=O)CCCCCCCCCC(C)C. The highest BCUT2D eigenvalue weighted by atomic mass is 31.2. The Labute approximate surface area is 517 Å². The lowest BCUT2D eigenvalue weighted by Crippen LogP contribution is -2.30. The summed E-state index contributed by atoms with van der Waals surface area (Å²) < 4.78 is 68.0. The molecule has 19 heteroatoms. The van der Waals surface area contributed by atoms with Crippen LogP contribution in [0.1, 0.15) is 336 Å². The van der Waals surface area contributed by atoms with Crippen LogP contribution in [0.5, 0.6) is 0 Å². The number of hydrogen-bond acceptors (Lipinski definition) is 15. The Bertz CT molecular complexity index is 1650. The van der Waals surface area contributed by atoms with Gasteiger partial charge in [-0.2, -0.15) is 0 Å². The number of ether oxygens (including phenoxy) is 4. The Morgan fingerprint density at radius 1 is 0.318 bits per heavy atom. The fourth-order valence-corrected chi connectivity index (χ4v) is 11.5. The Hall–Kier alpha value is -1.94. The van der Waals surface area contributed by atoms with Gasteiger partial charge in [0.25, 0.3) is 0 Å². The molecule has 3 N–H and O–H groups in total. The Morgan fingerprint density at radius 2 is 0.541 bits per heavy atom. The molecule has 5 atom stereocenters. The molecular formula is C66H128O17P2. The maximum Gasteiger partial charge on any atom is 0.472 e. The molecule has 2 unspecified atom stereocenters. The lowest BCUT2D eigenvalue weighted by Gasteiger charge is -2.21. The average molecular weight is 1260 g/mol. The van der Waals surface area contributed by atoms with Crippen molar-refractivity contribution in [3.63, 3.8) is 0 Å². The van der Waals surface area contributed by atoms with Crippen LogP contribution in [0.15, 0.2) is 0 Å². The molecule has 85 heavy (non-hydrogen) atoms. The molecule has 0 aromatic rings. The highest BCUT2D eigenvalue weighted by Gasteiger charge is 2.30. The van der Waals surface area contributed by atoms with E-state index in [4.69, 9.17) is 37.0 Å². The number of rotatable bonds is 66. The van der Waals surface area contributed by atoms with Gasteiger partial charge in [0.1, 0.15) is 19.3 Å². The second kappa shape index (κ2) is 59.7. The first-order valence-electron chi connectivity index (χ1n) is 34.6. The van der Waals surface area contributed by atoms with E-state index in [-0.39, 0.29) is 25.7 Å². The zero-order chi connectivity index (χ0) is 62.8. The van der Waals surface area contributed by atoms with Crippen LogP contribution in [0.2, 0.25) is 0 Å². The molecule has 0 aromatic heterocycles. The first kappa shape index (κ1) is 83.1. The van der Waals surface area contributed by atoms with Crippen molar-refractivity contribution in [3.8, 4) is 0 Å². The molecule has 0 aliphatic rings. The number of unbranched alkanes of at least 4 members (excludes halogenated alkanes) is 38. The third-order valence-electron chi connectivity index (χ3n) is 15.3. The van der Waals surface area contributed by atoms with Crippen LogP contribution in [0.4, 0.5) is 0 Å². The van der Waals surface area contributed by atoms with Gasteiger partial charge in [-0.3, -0.25) is 37.3 Å². The van der Waals surface area contributed by atoms with E-state index in [1.807, 2.05) is 0 Å². The van der Waals surface area contributed by atoms with Crippen LogP contribution < -0.4 is 0 Å². The summed E-state index contributed by atoms with van der Waals surface area (Å²) in [4.78, 5) is 72.2. The van der Waals surface area contributed by atoms with Crippen molar-refractivity contribution in [3.05, 3.63) is 0 Å². The summed E-state index contributed by atoms with van der Waals surface area (Å²) in [7, 11) is -9.88. The molecule has 0 rings (SSSR count). The number of aliphatic hydroxyl groups is 1. The maximum absolute atomic E-state index is 13.0. The maximum atomic E-state index is 13.0. The fraction of sp³-hybridized carbons (Fsp3) is 0.939. The largest absolute Gasteiger partial charge is 0.472 e. The van der Waals surface area contributed by atoms with Crippen molar-refractivity contribution in [2.24, 2.45) is 5.92 Å². The van der Waals surface area contributed by atoms with Crippen LogP contribution in [0, 0.1) is 5.92 Å². The average Bonchev–Trinajstić information content (AvgIpc) is 3.56. The number of hydrogen-bond donors (Lipinski definition) is 3. The van der Waals surface area contributed by atoms with Crippen molar-refractivity contribution >= 4 is 39.5 Å². The summed E-state index contributed by atoms with van der Waals surface area (Å²) in [5.41, 5.74) is 0. The minimum absolute atomic E-state index is 0.103. The minimum atomic E-state index is -4.95. The summed E-state index contributed by atoms with van der Waals surface area (Å²) in [5, 5.41) is 10.5. The van der Waals surface area contributed by atoms with Crippen LogP contribution in [-0.4, -0.2) is 96.7 Å². The van der Waals surface area contributed by atoms with Gasteiger partial charge in [0, 0.05) is 25.7 Å². The highest BCUT2D eigenvalue weighted by Crippen LogP contribution is 2.45. The van der Waals surface area contributed by atoms with Gasteiger partial charge < -0.3 is 33.8 Å². The molecule has 17 nitrogen and oxygen atoms in total. The van der Waals surface area contributed by atoms with Gasteiger partial charge >= 0.3 is 39.5 Å². The summed E-state index contributed by atoms with van der Waals surface area (Å²) >= 11 is 0. The Balaban J connectivity index is 5.18. The van der Waals surface area contributed by atoms with Crippen LogP contribution in [-0.2, 0) is 65.4 Å².